The molecule has 5 nitrogen and oxygen atoms in total. The topological polar surface area (TPSA) is 92.4 Å². The molecule has 0 aliphatic carbocycles. The van der Waals surface area contributed by atoms with Crippen molar-refractivity contribution in [3.8, 4) is 0 Å². The maximum atomic E-state index is 12.2. The smallest absolute Gasteiger partial charge is 0.337 e. The molecule has 2 rings (SSSR count). The average Bonchev–Trinajstić information content (AvgIpc) is 2.47. The minimum atomic E-state index is -1.12. The number of amides is 1. The Kier molecular flexibility index (Phi) is 4.72. The van der Waals surface area contributed by atoms with Gasteiger partial charge >= 0.3 is 5.97 Å². The van der Waals surface area contributed by atoms with Gasteiger partial charge in [-0.25, -0.2) is 4.79 Å². The van der Waals surface area contributed by atoms with Crippen LogP contribution in [0.2, 0.25) is 0 Å². The predicted molar refractivity (Wildman–Crippen MR) is 83.1 cm³/mol. The molecule has 0 fully saturated rings. The summed E-state index contributed by atoms with van der Waals surface area (Å²) >= 11 is 3.24. The summed E-state index contributed by atoms with van der Waals surface area (Å²) < 4.78 is 0.663. The fourth-order valence-electron chi connectivity index (χ4n) is 1.83. The summed E-state index contributed by atoms with van der Waals surface area (Å²) in [5, 5.41) is 11.7. The molecule has 2 aromatic rings. The number of halogens is 1. The number of aromatic carboxylic acids is 1. The number of rotatable bonds is 4. The van der Waals surface area contributed by atoms with Gasteiger partial charge in [0, 0.05) is 4.47 Å². The van der Waals surface area contributed by atoms with E-state index in [0.29, 0.717) is 10.0 Å². The quantitative estimate of drug-likeness (QED) is 0.791. The summed E-state index contributed by atoms with van der Waals surface area (Å²) in [4.78, 5) is 23.3. The first-order valence-corrected chi connectivity index (χ1v) is 6.92. The fourth-order valence-corrected chi connectivity index (χ4v) is 2.19. The second-order valence-electron chi connectivity index (χ2n) is 4.37. The predicted octanol–water partition coefficient (Wildman–Crippen LogP) is 2.79. The van der Waals surface area contributed by atoms with E-state index in [2.05, 4.69) is 21.2 Å². The molecule has 1 atom stereocenters. The summed E-state index contributed by atoms with van der Waals surface area (Å²) in [6, 6.07) is 12.5. The van der Waals surface area contributed by atoms with Gasteiger partial charge in [0.1, 0.15) is 6.04 Å². The Bertz CT molecular complexity index is 674. The molecule has 0 aliphatic heterocycles. The molecule has 0 aromatic heterocycles. The number of benzene rings is 2. The summed E-state index contributed by atoms with van der Waals surface area (Å²) in [5.74, 6) is -1.59. The number of carboxylic acids is 1. The van der Waals surface area contributed by atoms with Gasteiger partial charge in [0.2, 0.25) is 5.91 Å². The van der Waals surface area contributed by atoms with Crippen LogP contribution < -0.4 is 11.1 Å². The summed E-state index contributed by atoms with van der Waals surface area (Å²) in [7, 11) is 0. The minimum absolute atomic E-state index is 0.00631. The number of carbonyl (C=O) groups is 2. The first-order valence-electron chi connectivity index (χ1n) is 6.13. The Balaban J connectivity index is 2.24. The zero-order valence-corrected chi connectivity index (χ0v) is 12.5. The van der Waals surface area contributed by atoms with E-state index in [1.54, 1.807) is 30.3 Å². The zero-order chi connectivity index (χ0) is 15.4. The highest BCUT2D eigenvalue weighted by atomic mass is 79.9. The molecule has 0 unspecified atom stereocenters. The van der Waals surface area contributed by atoms with Crippen molar-refractivity contribution in [1.82, 2.24) is 0 Å². The van der Waals surface area contributed by atoms with Crippen LogP contribution in [0.1, 0.15) is 22.0 Å². The summed E-state index contributed by atoms with van der Waals surface area (Å²) in [5.41, 5.74) is 6.74. The molecule has 0 bridgehead atoms. The molecule has 6 heteroatoms. The summed E-state index contributed by atoms with van der Waals surface area (Å²) in [6.45, 7) is 0. The molecule has 4 N–H and O–H groups in total. The highest BCUT2D eigenvalue weighted by Crippen LogP contribution is 2.23. The molecule has 0 heterocycles. The number of carbonyl (C=O) groups excluding carboxylic acids is 1. The third-order valence-electron chi connectivity index (χ3n) is 2.91. The van der Waals surface area contributed by atoms with E-state index >= 15 is 0 Å². The number of anilines is 1. The van der Waals surface area contributed by atoms with Crippen molar-refractivity contribution in [2.45, 2.75) is 6.04 Å². The Morgan fingerprint density at radius 2 is 1.81 bits per heavy atom. The molecule has 0 spiro atoms. The van der Waals surface area contributed by atoms with Gasteiger partial charge in [-0.05, 0) is 23.8 Å². The maximum Gasteiger partial charge on any atom is 0.337 e. The fraction of sp³-hybridized carbons (Fsp3) is 0.0667. The molecule has 108 valence electrons. The molecule has 0 radical (unpaired) electrons. The molecular weight excluding hydrogens is 336 g/mol. The first kappa shape index (κ1) is 15.2. The van der Waals surface area contributed by atoms with Crippen LogP contribution in [0.15, 0.2) is 53.0 Å². The van der Waals surface area contributed by atoms with Gasteiger partial charge in [0.15, 0.2) is 0 Å². The lowest BCUT2D eigenvalue weighted by molar-refractivity contribution is -0.117. The Morgan fingerprint density at radius 3 is 2.43 bits per heavy atom. The van der Waals surface area contributed by atoms with Crippen LogP contribution in [0.25, 0.3) is 0 Å². The second kappa shape index (κ2) is 6.51. The number of hydrogen-bond donors (Lipinski definition) is 3. The van der Waals surface area contributed by atoms with Crippen molar-refractivity contribution in [3.63, 3.8) is 0 Å². The van der Waals surface area contributed by atoms with Crippen molar-refractivity contribution in [1.29, 1.82) is 0 Å². The van der Waals surface area contributed by atoms with Crippen LogP contribution in [0.4, 0.5) is 5.69 Å². The minimum Gasteiger partial charge on any atom is -0.478 e. The van der Waals surface area contributed by atoms with Gasteiger partial charge in [-0.2, -0.15) is 0 Å². The van der Waals surface area contributed by atoms with Gasteiger partial charge in [-0.1, -0.05) is 46.3 Å². The van der Waals surface area contributed by atoms with E-state index in [1.807, 2.05) is 6.07 Å². The monoisotopic (exact) mass is 348 g/mol. The van der Waals surface area contributed by atoms with Crippen molar-refractivity contribution < 1.29 is 14.7 Å². The third-order valence-corrected chi connectivity index (χ3v) is 3.40. The van der Waals surface area contributed by atoms with E-state index in [1.165, 1.54) is 12.1 Å². The van der Waals surface area contributed by atoms with Gasteiger partial charge in [-0.15, -0.1) is 0 Å². The third kappa shape index (κ3) is 3.68. The van der Waals surface area contributed by atoms with Crippen molar-refractivity contribution in [2.75, 3.05) is 5.32 Å². The zero-order valence-electron chi connectivity index (χ0n) is 10.9. The van der Waals surface area contributed by atoms with Crippen LogP contribution in [0.5, 0.6) is 0 Å². The van der Waals surface area contributed by atoms with Gasteiger partial charge in [-0.3, -0.25) is 4.79 Å². The number of hydrogen-bond acceptors (Lipinski definition) is 3. The Hall–Kier alpha value is -2.18. The molecular formula is C15H13BrN2O3. The normalized spacial score (nSPS) is 11.7. The Morgan fingerprint density at radius 1 is 1.14 bits per heavy atom. The molecule has 1 amide bonds. The van der Waals surface area contributed by atoms with Crippen LogP contribution in [0, 0.1) is 0 Å². The number of nitrogens with two attached hydrogens (primary N) is 1. The highest BCUT2D eigenvalue weighted by molar-refractivity contribution is 9.10. The lowest BCUT2D eigenvalue weighted by atomic mass is 10.1. The van der Waals surface area contributed by atoms with Crippen LogP contribution in [0.3, 0.4) is 0 Å². The van der Waals surface area contributed by atoms with Gasteiger partial charge in [0.25, 0.3) is 0 Å². The van der Waals surface area contributed by atoms with E-state index in [4.69, 9.17) is 10.8 Å². The van der Waals surface area contributed by atoms with E-state index in [0.717, 1.165) is 0 Å². The van der Waals surface area contributed by atoms with Gasteiger partial charge < -0.3 is 16.2 Å². The lowest BCUT2D eigenvalue weighted by Gasteiger charge is -2.14. The van der Waals surface area contributed by atoms with Crippen molar-refractivity contribution in [3.05, 3.63) is 64.1 Å². The molecule has 0 saturated heterocycles. The van der Waals surface area contributed by atoms with E-state index in [-0.39, 0.29) is 11.3 Å². The van der Waals surface area contributed by atoms with Crippen LogP contribution in [-0.4, -0.2) is 17.0 Å². The summed E-state index contributed by atoms with van der Waals surface area (Å²) in [6.07, 6.45) is 0. The average molecular weight is 349 g/mol. The van der Waals surface area contributed by atoms with Crippen LogP contribution >= 0.6 is 15.9 Å². The van der Waals surface area contributed by atoms with Crippen molar-refractivity contribution in [2.24, 2.45) is 5.73 Å². The van der Waals surface area contributed by atoms with Crippen molar-refractivity contribution >= 4 is 33.5 Å². The standard InChI is InChI=1S/C15H13BrN2O3/c16-10-6-7-11(15(20)21)12(8-10)18-14(19)13(17)9-4-2-1-3-5-9/h1-8,13H,17H2,(H,18,19)(H,20,21)/t13-/m0/s1. The second-order valence-corrected chi connectivity index (χ2v) is 5.29. The molecule has 21 heavy (non-hydrogen) atoms. The lowest BCUT2D eigenvalue weighted by Crippen LogP contribution is -2.28. The number of nitrogens with one attached hydrogen (secondary N) is 1. The van der Waals surface area contributed by atoms with E-state index < -0.39 is 17.9 Å². The Labute approximate surface area is 129 Å². The molecule has 2 aromatic carbocycles. The van der Waals surface area contributed by atoms with Crippen LogP contribution in [-0.2, 0) is 4.79 Å². The highest BCUT2D eigenvalue weighted by Gasteiger charge is 2.18. The molecule has 0 aliphatic rings. The number of carboxylic acid groups (broad SMARTS) is 1. The maximum absolute atomic E-state index is 12.2. The van der Waals surface area contributed by atoms with Gasteiger partial charge in [0.05, 0.1) is 11.3 Å². The first-order chi connectivity index (χ1) is 9.99. The largest absolute Gasteiger partial charge is 0.478 e. The molecule has 0 saturated carbocycles. The van der Waals surface area contributed by atoms with E-state index in [9.17, 15) is 9.59 Å². The SMILES string of the molecule is N[C@H](C(=O)Nc1cc(Br)ccc1C(=O)O)c1ccccc1.